The van der Waals surface area contributed by atoms with E-state index in [4.69, 9.17) is 14.2 Å². The average molecular weight is 865 g/mol. The molecule has 0 radical (unpaired) electrons. The van der Waals surface area contributed by atoms with Crippen LogP contribution in [0.3, 0.4) is 0 Å². The first kappa shape index (κ1) is 42.2. The number of rotatable bonds is 13. The summed E-state index contributed by atoms with van der Waals surface area (Å²) in [6.07, 6.45) is -1.73. The molecule has 0 bridgehead atoms. The molecule has 0 saturated carbocycles. The molecule has 62 heavy (non-hydrogen) atoms. The van der Waals surface area contributed by atoms with Gasteiger partial charge in [-0.05, 0) is 26.0 Å². The molecule has 0 aliphatic carbocycles. The van der Waals surface area contributed by atoms with Gasteiger partial charge in [-0.1, -0.05) is 12.1 Å². The molecule has 0 unspecified atom stereocenters. The number of nitrogens with zero attached hydrogens (tertiary/aromatic N) is 4. The molecule has 2 aromatic carbocycles. The standard InChI is InChI=1S/C42H40F4N6O10/c1-4-49-17-24-13-28(32-29(35(53)37(55)33(41(49)58)51(24)32)39(56)47-14-19-6-8-21(43)10-25(19)45)61-18-62-38-34-42(59)50(5-2)16-23-12-27(60-3)31(52(23)34)30(36(38)54)40(57)48-15-20-7-9-22(44)11-26(20)46/h6-11,23-24,27-28,55H,4-5,12-18H2,1-3H3,(H,47,56)(H,48,57)/t23-,24+,27+,28+/m0/s1. The van der Waals surface area contributed by atoms with E-state index in [1.807, 2.05) is 0 Å². The van der Waals surface area contributed by atoms with Gasteiger partial charge in [0.1, 0.15) is 46.6 Å². The number of carbonyl (C=O) groups is 4. The predicted octanol–water partition coefficient (Wildman–Crippen LogP) is 3.75. The molecule has 326 valence electrons. The van der Waals surface area contributed by atoms with Crippen LogP contribution in [0.2, 0.25) is 0 Å². The normalized spacial score (nSPS) is 19.7. The number of hydrogen-bond acceptors (Lipinski definition) is 10. The molecule has 20 heteroatoms. The molecule has 4 atom stereocenters. The van der Waals surface area contributed by atoms with Crippen molar-refractivity contribution in [1.82, 2.24) is 29.6 Å². The summed E-state index contributed by atoms with van der Waals surface area (Å²) >= 11 is 0. The van der Waals surface area contributed by atoms with Gasteiger partial charge in [-0.15, -0.1) is 0 Å². The molecule has 6 heterocycles. The second-order valence-electron chi connectivity index (χ2n) is 15.2. The zero-order valence-corrected chi connectivity index (χ0v) is 33.6. The highest BCUT2D eigenvalue weighted by atomic mass is 19.1. The van der Waals surface area contributed by atoms with Gasteiger partial charge in [0.15, 0.2) is 29.7 Å². The van der Waals surface area contributed by atoms with Crippen molar-refractivity contribution in [2.45, 2.75) is 64.1 Å². The Bertz CT molecular complexity index is 2690. The summed E-state index contributed by atoms with van der Waals surface area (Å²) < 4.78 is 77.0. The summed E-state index contributed by atoms with van der Waals surface area (Å²) in [5.74, 6) is -8.41. The zero-order valence-electron chi connectivity index (χ0n) is 33.6. The van der Waals surface area contributed by atoms with Crippen LogP contribution < -0.4 is 26.2 Å². The first-order valence-electron chi connectivity index (χ1n) is 19.8. The Morgan fingerprint density at radius 3 is 1.73 bits per heavy atom. The van der Waals surface area contributed by atoms with Crippen LogP contribution in [0.1, 0.15) is 115 Å². The van der Waals surface area contributed by atoms with E-state index in [0.29, 0.717) is 12.1 Å². The van der Waals surface area contributed by atoms with Crippen molar-refractivity contribution < 1.29 is 56.1 Å². The summed E-state index contributed by atoms with van der Waals surface area (Å²) in [6.45, 7) is 2.51. The van der Waals surface area contributed by atoms with Gasteiger partial charge in [-0.25, -0.2) is 17.6 Å². The number of nitrogens with one attached hydrogen (secondary N) is 2. The molecule has 0 saturated heterocycles. The smallest absolute Gasteiger partial charge is 0.274 e. The molecule has 4 aliphatic heterocycles. The molecule has 8 rings (SSSR count). The lowest BCUT2D eigenvalue weighted by molar-refractivity contribution is -0.0404. The minimum Gasteiger partial charge on any atom is -0.503 e. The van der Waals surface area contributed by atoms with Crippen molar-refractivity contribution in [3.8, 4) is 11.5 Å². The second-order valence-corrected chi connectivity index (χ2v) is 15.2. The largest absolute Gasteiger partial charge is 0.503 e. The van der Waals surface area contributed by atoms with Crippen LogP contribution in [0.25, 0.3) is 0 Å². The van der Waals surface area contributed by atoms with Gasteiger partial charge in [-0.2, -0.15) is 0 Å². The number of methoxy groups -OCH3 is 1. The van der Waals surface area contributed by atoms with Crippen LogP contribution >= 0.6 is 0 Å². The maximum Gasteiger partial charge on any atom is 0.274 e. The fourth-order valence-corrected chi connectivity index (χ4v) is 8.90. The minimum atomic E-state index is -1.22. The summed E-state index contributed by atoms with van der Waals surface area (Å²) in [7, 11) is 1.38. The van der Waals surface area contributed by atoms with E-state index in [2.05, 4.69) is 10.6 Å². The van der Waals surface area contributed by atoms with E-state index < -0.39 is 125 Å². The maximum absolute atomic E-state index is 14.5. The third kappa shape index (κ3) is 6.95. The Kier molecular flexibility index (Phi) is 11.1. The molecule has 0 fully saturated rings. The number of aromatic hydroxyl groups is 1. The SMILES string of the molecule is CCN1C[C@H]2C[C@@H](OCOc3c4n5c(c(C(=O)NCc6ccc(F)cc6F)c3=O)[C@H](OC)C[C@H]5CN(CC)C4=O)c3c(C(=O)NCc4ccc(F)cc4F)c(=O)c(O)c(n32)C1=O. The summed E-state index contributed by atoms with van der Waals surface area (Å²) in [6, 6.07) is 4.42. The molecule has 3 N–H and O–H groups in total. The van der Waals surface area contributed by atoms with E-state index in [9.17, 15) is 51.4 Å². The molecular formula is C42H40F4N6O10. The number of aromatic nitrogens is 2. The van der Waals surface area contributed by atoms with E-state index in [-0.39, 0.29) is 72.9 Å². The molecule has 4 amide bonds. The number of hydrogen-bond donors (Lipinski definition) is 3. The molecular weight excluding hydrogens is 824 g/mol. The van der Waals surface area contributed by atoms with Gasteiger partial charge in [0.2, 0.25) is 10.9 Å². The van der Waals surface area contributed by atoms with E-state index in [0.717, 1.165) is 24.3 Å². The van der Waals surface area contributed by atoms with Crippen LogP contribution in [0.4, 0.5) is 17.6 Å². The second kappa shape index (κ2) is 16.4. The van der Waals surface area contributed by atoms with Gasteiger partial charge in [0.25, 0.3) is 23.6 Å². The summed E-state index contributed by atoms with van der Waals surface area (Å²) in [5, 5.41) is 16.0. The summed E-state index contributed by atoms with van der Waals surface area (Å²) in [4.78, 5) is 86.6. The lowest BCUT2D eigenvalue weighted by atomic mass is 10.1. The Hall–Kier alpha value is -6.54. The highest BCUT2D eigenvalue weighted by Gasteiger charge is 2.48. The Morgan fingerprint density at radius 2 is 1.21 bits per heavy atom. The number of likely N-dealkylation sites (N-methyl/N-ethyl adjacent to an activating group) is 2. The van der Waals surface area contributed by atoms with Crippen LogP contribution in [-0.4, -0.2) is 87.8 Å². The quantitative estimate of drug-likeness (QED) is 0.132. The number of pyridine rings is 2. The number of ether oxygens (including phenoxy) is 3. The van der Waals surface area contributed by atoms with Gasteiger partial charge in [0, 0.05) is 82.5 Å². The van der Waals surface area contributed by atoms with Crippen molar-refractivity contribution in [2.75, 3.05) is 40.1 Å². The van der Waals surface area contributed by atoms with Gasteiger partial charge < -0.3 is 48.9 Å². The first-order valence-corrected chi connectivity index (χ1v) is 19.8. The first-order chi connectivity index (χ1) is 29.7. The highest BCUT2D eigenvalue weighted by Crippen LogP contribution is 2.46. The Morgan fingerprint density at radius 1 is 0.726 bits per heavy atom. The number of amides is 4. The van der Waals surface area contributed by atoms with Crippen LogP contribution in [0.15, 0.2) is 46.0 Å². The van der Waals surface area contributed by atoms with Crippen molar-refractivity contribution in [3.63, 3.8) is 0 Å². The van der Waals surface area contributed by atoms with Crippen LogP contribution in [0, 0.1) is 23.3 Å². The zero-order chi connectivity index (χ0) is 44.3. The molecule has 16 nitrogen and oxygen atoms in total. The van der Waals surface area contributed by atoms with Crippen molar-refractivity contribution in [1.29, 1.82) is 0 Å². The maximum atomic E-state index is 14.5. The molecule has 4 aromatic rings. The Labute approximate surface area is 349 Å². The van der Waals surface area contributed by atoms with Gasteiger partial charge >= 0.3 is 0 Å². The van der Waals surface area contributed by atoms with Crippen LogP contribution in [0.5, 0.6) is 11.5 Å². The Balaban J connectivity index is 1.16. The van der Waals surface area contributed by atoms with Gasteiger partial charge in [0.05, 0.1) is 23.5 Å². The molecule has 4 aliphatic rings. The third-order valence-corrected chi connectivity index (χ3v) is 11.9. The number of carbonyl (C=O) groups excluding carboxylic acids is 4. The lowest BCUT2D eigenvalue weighted by Gasteiger charge is -2.34. The summed E-state index contributed by atoms with van der Waals surface area (Å²) in [5.41, 5.74) is -4.06. The number of benzene rings is 2. The topological polar surface area (TPSA) is 191 Å². The van der Waals surface area contributed by atoms with E-state index >= 15 is 0 Å². The van der Waals surface area contributed by atoms with E-state index in [1.165, 1.54) is 26.0 Å². The number of halogens is 4. The third-order valence-electron chi connectivity index (χ3n) is 11.9. The highest BCUT2D eigenvalue weighted by molar-refractivity contribution is 6.01. The fourth-order valence-electron chi connectivity index (χ4n) is 8.90. The van der Waals surface area contributed by atoms with Crippen molar-refractivity contribution in [2.24, 2.45) is 0 Å². The predicted molar refractivity (Wildman–Crippen MR) is 208 cm³/mol. The lowest BCUT2D eigenvalue weighted by Crippen LogP contribution is -2.45. The average Bonchev–Trinajstić information content (AvgIpc) is 3.78. The monoisotopic (exact) mass is 864 g/mol. The van der Waals surface area contributed by atoms with Crippen molar-refractivity contribution in [3.05, 3.63) is 125 Å². The van der Waals surface area contributed by atoms with Gasteiger partial charge in [-0.3, -0.25) is 28.8 Å². The molecule has 0 spiro atoms. The van der Waals surface area contributed by atoms with Crippen molar-refractivity contribution >= 4 is 23.6 Å². The fraction of sp³-hybridized carbons (Fsp3) is 0.381. The van der Waals surface area contributed by atoms with Crippen LogP contribution in [-0.2, 0) is 22.6 Å². The minimum absolute atomic E-state index is 0.0274. The molecule has 2 aromatic heterocycles. The van der Waals surface area contributed by atoms with E-state index in [1.54, 1.807) is 13.8 Å².